The highest BCUT2D eigenvalue weighted by molar-refractivity contribution is 7.99. The maximum atomic E-state index is 11.7. The van der Waals surface area contributed by atoms with Crippen LogP contribution in [0.15, 0.2) is 23.1 Å². The molecule has 1 aromatic rings. The summed E-state index contributed by atoms with van der Waals surface area (Å²) in [5.41, 5.74) is 1.27. The second kappa shape index (κ2) is 8.06. The van der Waals surface area contributed by atoms with Crippen molar-refractivity contribution in [3.05, 3.63) is 28.8 Å². The van der Waals surface area contributed by atoms with Crippen molar-refractivity contribution in [1.29, 1.82) is 0 Å². The lowest BCUT2D eigenvalue weighted by atomic mass is 10.0. The summed E-state index contributed by atoms with van der Waals surface area (Å²) in [6.45, 7) is 5.64. The number of amides is 1. The van der Waals surface area contributed by atoms with E-state index in [1.165, 1.54) is 10.5 Å². The Morgan fingerprint density at radius 2 is 2.29 bits per heavy atom. The van der Waals surface area contributed by atoms with E-state index in [4.69, 9.17) is 11.6 Å². The second-order valence-electron chi connectivity index (χ2n) is 5.77. The second-order valence-corrected chi connectivity index (χ2v) is 7.35. The molecule has 5 heteroatoms. The molecule has 0 fully saturated rings. The number of carbonyl (C=O) groups is 1. The van der Waals surface area contributed by atoms with Gasteiger partial charge in [0.05, 0.1) is 0 Å². The molecular formula is C16H23ClN2OS. The summed E-state index contributed by atoms with van der Waals surface area (Å²) >= 11 is 7.97. The molecule has 0 saturated carbocycles. The molecule has 1 aliphatic heterocycles. The van der Waals surface area contributed by atoms with Gasteiger partial charge in [-0.25, -0.2) is 0 Å². The van der Waals surface area contributed by atoms with Crippen LogP contribution in [0.3, 0.4) is 0 Å². The summed E-state index contributed by atoms with van der Waals surface area (Å²) in [6.07, 6.45) is 1.60. The smallest absolute Gasteiger partial charge is 0.221 e. The van der Waals surface area contributed by atoms with Crippen molar-refractivity contribution in [2.45, 2.75) is 37.6 Å². The highest BCUT2D eigenvalue weighted by atomic mass is 35.5. The van der Waals surface area contributed by atoms with E-state index >= 15 is 0 Å². The van der Waals surface area contributed by atoms with Gasteiger partial charge >= 0.3 is 0 Å². The quantitative estimate of drug-likeness (QED) is 0.838. The Morgan fingerprint density at radius 1 is 1.48 bits per heavy atom. The summed E-state index contributed by atoms with van der Waals surface area (Å²) in [5.74, 6) is 1.71. The van der Waals surface area contributed by atoms with Gasteiger partial charge in [-0.3, -0.25) is 4.79 Å². The average Bonchev–Trinajstić information content (AvgIpc) is 2.45. The molecule has 1 aliphatic rings. The predicted molar refractivity (Wildman–Crippen MR) is 90.0 cm³/mol. The number of thioether (sulfide) groups is 1. The van der Waals surface area contributed by atoms with Crippen LogP contribution in [0.2, 0.25) is 5.02 Å². The zero-order valence-electron chi connectivity index (χ0n) is 12.6. The number of fused-ring (bicyclic) bond motifs is 1. The van der Waals surface area contributed by atoms with Crippen LogP contribution in [0.25, 0.3) is 0 Å². The predicted octanol–water partition coefficient (Wildman–Crippen LogP) is 3.63. The molecule has 0 aliphatic carbocycles. The van der Waals surface area contributed by atoms with Crippen LogP contribution in [-0.4, -0.2) is 24.7 Å². The maximum Gasteiger partial charge on any atom is 0.221 e. The minimum Gasteiger partial charge on any atom is -0.356 e. The molecule has 2 rings (SSSR count). The maximum absolute atomic E-state index is 11.7. The summed E-state index contributed by atoms with van der Waals surface area (Å²) in [6, 6.07) is 6.37. The number of halogens is 1. The molecule has 1 atom stereocenters. The van der Waals surface area contributed by atoms with Crippen molar-refractivity contribution in [3.63, 3.8) is 0 Å². The van der Waals surface area contributed by atoms with Gasteiger partial charge in [0.1, 0.15) is 0 Å². The fourth-order valence-electron chi connectivity index (χ4n) is 2.34. The van der Waals surface area contributed by atoms with E-state index in [0.717, 1.165) is 23.7 Å². The molecule has 116 valence electrons. The van der Waals surface area contributed by atoms with E-state index in [9.17, 15) is 4.79 Å². The van der Waals surface area contributed by atoms with Crippen molar-refractivity contribution in [1.82, 2.24) is 10.6 Å². The third-order valence-electron chi connectivity index (χ3n) is 3.46. The molecule has 1 heterocycles. The lowest BCUT2D eigenvalue weighted by molar-refractivity contribution is -0.121. The number of carbonyl (C=O) groups excluding carboxylic acids is 1. The van der Waals surface area contributed by atoms with Gasteiger partial charge < -0.3 is 10.6 Å². The van der Waals surface area contributed by atoms with E-state index in [-0.39, 0.29) is 5.91 Å². The molecule has 0 bridgehead atoms. The Hall–Kier alpha value is -0.710. The van der Waals surface area contributed by atoms with Gasteiger partial charge in [0.2, 0.25) is 5.91 Å². The fourth-order valence-corrected chi connectivity index (χ4v) is 3.63. The van der Waals surface area contributed by atoms with Gasteiger partial charge in [0, 0.05) is 35.5 Å². The van der Waals surface area contributed by atoms with Crippen LogP contribution in [0, 0.1) is 5.92 Å². The first-order valence-corrected chi connectivity index (χ1v) is 8.85. The Labute approximate surface area is 136 Å². The first kappa shape index (κ1) is 16.7. The number of benzene rings is 1. The molecule has 0 aromatic heterocycles. The van der Waals surface area contributed by atoms with Crippen molar-refractivity contribution >= 4 is 29.3 Å². The van der Waals surface area contributed by atoms with Crippen LogP contribution in [0.5, 0.6) is 0 Å². The van der Waals surface area contributed by atoms with E-state index in [2.05, 4.69) is 30.5 Å². The number of rotatable bonds is 6. The Morgan fingerprint density at radius 3 is 3.05 bits per heavy atom. The van der Waals surface area contributed by atoms with E-state index in [0.29, 0.717) is 24.9 Å². The highest BCUT2D eigenvalue weighted by Crippen LogP contribution is 2.37. The lowest BCUT2D eigenvalue weighted by Gasteiger charge is -2.26. The SMILES string of the molecule is CC(C)CNC(=O)CCNC1CCSc2ccc(Cl)cc21. The largest absolute Gasteiger partial charge is 0.356 e. The zero-order chi connectivity index (χ0) is 15.2. The van der Waals surface area contributed by atoms with E-state index in [1.54, 1.807) is 0 Å². The van der Waals surface area contributed by atoms with Gasteiger partial charge in [-0.1, -0.05) is 25.4 Å². The van der Waals surface area contributed by atoms with Crippen molar-refractivity contribution in [2.75, 3.05) is 18.8 Å². The summed E-state index contributed by atoms with van der Waals surface area (Å²) in [7, 11) is 0. The van der Waals surface area contributed by atoms with Crippen LogP contribution in [0.1, 0.15) is 38.3 Å². The molecule has 0 radical (unpaired) electrons. The first-order chi connectivity index (χ1) is 10.1. The van der Waals surface area contributed by atoms with Crippen molar-refractivity contribution in [3.8, 4) is 0 Å². The molecule has 21 heavy (non-hydrogen) atoms. The summed E-state index contributed by atoms with van der Waals surface area (Å²) in [5, 5.41) is 7.21. The molecular weight excluding hydrogens is 304 g/mol. The number of nitrogens with one attached hydrogen (secondary N) is 2. The molecule has 1 unspecified atom stereocenters. The fraction of sp³-hybridized carbons (Fsp3) is 0.562. The van der Waals surface area contributed by atoms with Crippen molar-refractivity contribution < 1.29 is 4.79 Å². The minimum absolute atomic E-state index is 0.118. The number of hydrogen-bond donors (Lipinski definition) is 2. The lowest BCUT2D eigenvalue weighted by Crippen LogP contribution is -2.32. The number of hydrogen-bond acceptors (Lipinski definition) is 3. The van der Waals surface area contributed by atoms with Gasteiger partial charge in [0.25, 0.3) is 0 Å². The summed E-state index contributed by atoms with van der Waals surface area (Å²) < 4.78 is 0. The van der Waals surface area contributed by atoms with Crippen LogP contribution in [-0.2, 0) is 4.79 Å². The highest BCUT2D eigenvalue weighted by Gasteiger charge is 2.20. The third-order valence-corrected chi connectivity index (χ3v) is 4.82. The molecule has 3 nitrogen and oxygen atoms in total. The topological polar surface area (TPSA) is 41.1 Å². The molecule has 1 amide bonds. The molecule has 0 spiro atoms. The third kappa shape index (κ3) is 5.20. The molecule has 0 saturated heterocycles. The standard InChI is InChI=1S/C16H23ClN2OS/c1-11(2)10-19-16(20)5-7-18-14-6-8-21-15-4-3-12(17)9-13(14)15/h3-4,9,11,14,18H,5-8,10H2,1-2H3,(H,19,20). The monoisotopic (exact) mass is 326 g/mol. The van der Waals surface area contributed by atoms with Crippen LogP contribution >= 0.6 is 23.4 Å². The Bertz CT molecular complexity index is 493. The molecule has 2 N–H and O–H groups in total. The minimum atomic E-state index is 0.118. The van der Waals surface area contributed by atoms with Crippen molar-refractivity contribution in [2.24, 2.45) is 5.92 Å². The Balaban J connectivity index is 1.82. The average molecular weight is 327 g/mol. The van der Waals surface area contributed by atoms with Crippen LogP contribution in [0.4, 0.5) is 0 Å². The first-order valence-electron chi connectivity index (χ1n) is 7.48. The van der Waals surface area contributed by atoms with Gasteiger partial charge in [-0.15, -0.1) is 11.8 Å². The molecule has 1 aromatic carbocycles. The summed E-state index contributed by atoms with van der Waals surface area (Å²) in [4.78, 5) is 13.0. The van der Waals surface area contributed by atoms with Gasteiger partial charge in [-0.05, 0) is 41.9 Å². The van der Waals surface area contributed by atoms with Gasteiger partial charge in [0.15, 0.2) is 0 Å². The van der Waals surface area contributed by atoms with Gasteiger partial charge in [-0.2, -0.15) is 0 Å². The Kier molecular flexibility index (Phi) is 6.40. The van der Waals surface area contributed by atoms with E-state index in [1.807, 2.05) is 23.9 Å². The van der Waals surface area contributed by atoms with Crippen LogP contribution < -0.4 is 10.6 Å². The zero-order valence-corrected chi connectivity index (χ0v) is 14.2. The normalized spacial score (nSPS) is 17.6. The van der Waals surface area contributed by atoms with E-state index < -0.39 is 0 Å².